The molecule has 1 aliphatic carbocycles. The summed E-state index contributed by atoms with van der Waals surface area (Å²) in [5, 5.41) is 26.6. The lowest BCUT2D eigenvalue weighted by molar-refractivity contribution is 0.419. The van der Waals surface area contributed by atoms with Crippen LogP contribution < -0.4 is 15.4 Å². The normalized spacial score (nSPS) is 15.1. The van der Waals surface area contributed by atoms with Crippen LogP contribution in [0.25, 0.3) is 10.9 Å². The van der Waals surface area contributed by atoms with Crippen LogP contribution in [0.5, 0.6) is 5.75 Å². The van der Waals surface area contributed by atoms with E-state index in [1.165, 1.54) is 12.1 Å². The number of ether oxygens (including phenoxy) is 1. The molecular weight excluding hydrogens is 480 g/mol. The van der Waals surface area contributed by atoms with E-state index in [4.69, 9.17) is 4.74 Å². The second kappa shape index (κ2) is 9.64. The Morgan fingerprint density at radius 1 is 1.21 bits per heavy atom. The highest BCUT2D eigenvalue weighted by Crippen LogP contribution is 2.39. The number of hydrogen-bond acceptors (Lipinski definition) is 7. The Balaban J connectivity index is 1.64. The minimum Gasteiger partial charge on any atom is -0.494 e. The van der Waals surface area contributed by atoms with Crippen molar-refractivity contribution in [3.63, 3.8) is 0 Å². The zero-order valence-electron chi connectivity index (χ0n) is 22.3. The van der Waals surface area contributed by atoms with Crippen molar-refractivity contribution < 1.29 is 9.13 Å². The first kappa shape index (κ1) is 25.5. The smallest absolute Gasteiger partial charge is 0.148 e. The molecule has 1 atom stereocenters. The fourth-order valence-corrected chi connectivity index (χ4v) is 4.51. The van der Waals surface area contributed by atoms with Crippen molar-refractivity contribution in [2.75, 3.05) is 24.3 Å². The van der Waals surface area contributed by atoms with E-state index in [1.807, 2.05) is 30.9 Å². The van der Waals surface area contributed by atoms with E-state index in [0.29, 0.717) is 40.8 Å². The van der Waals surface area contributed by atoms with Gasteiger partial charge in [0.25, 0.3) is 0 Å². The average molecular weight is 511 g/mol. The van der Waals surface area contributed by atoms with Gasteiger partial charge >= 0.3 is 0 Å². The van der Waals surface area contributed by atoms with Crippen molar-refractivity contribution in [3.8, 4) is 11.8 Å². The molecule has 38 heavy (non-hydrogen) atoms. The summed E-state index contributed by atoms with van der Waals surface area (Å²) in [6.45, 7) is 7.06. The first-order chi connectivity index (χ1) is 18.1. The number of nitrogens with one attached hydrogen (secondary N) is 2. The summed E-state index contributed by atoms with van der Waals surface area (Å²) in [7, 11) is 3.60. The van der Waals surface area contributed by atoms with Crippen molar-refractivity contribution in [2.24, 2.45) is 5.41 Å². The summed E-state index contributed by atoms with van der Waals surface area (Å²) >= 11 is 0. The third-order valence-electron chi connectivity index (χ3n) is 6.83. The summed E-state index contributed by atoms with van der Waals surface area (Å²) in [4.78, 5) is 4.54. The van der Waals surface area contributed by atoms with Gasteiger partial charge in [0.15, 0.2) is 0 Å². The van der Waals surface area contributed by atoms with Gasteiger partial charge in [-0.15, -0.1) is 5.10 Å². The standard InChI is InChI=1S/C28H31BFN7O/c1-27(2,3)16-33-25-17(13-31)14-32-26-22(25)11-20(12-23(26)38-4)34-28(29,18-5-7-19(30)8-6-18)24-15-37(36-35-24)21-9-10-21/h5-8,11-12,14-15,21,34H,9-10,16,29H2,1-4H3,(H,32,33). The number of nitrogens with zero attached hydrogens (tertiary/aromatic N) is 5. The van der Waals surface area contributed by atoms with Gasteiger partial charge in [0, 0.05) is 29.9 Å². The van der Waals surface area contributed by atoms with E-state index in [2.05, 4.69) is 52.8 Å². The van der Waals surface area contributed by atoms with Gasteiger partial charge in [0.2, 0.25) is 0 Å². The Kier molecular flexibility index (Phi) is 6.47. The number of fused-ring (bicyclic) bond motifs is 1. The molecule has 0 radical (unpaired) electrons. The van der Waals surface area contributed by atoms with E-state index in [9.17, 15) is 9.65 Å². The Bertz CT molecular complexity index is 1520. The number of hydrogen-bond donors (Lipinski definition) is 2. The lowest BCUT2D eigenvalue weighted by Crippen LogP contribution is -2.37. The molecule has 2 N–H and O–H groups in total. The van der Waals surface area contributed by atoms with E-state index >= 15 is 0 Å². The molecule has 2 aromatic heterocycles. The summed E-state index contributed by atoms with van der Waals surface area (Å²) in [6.07, 6.45) is 5.70. The van der Waals surface area contributed by atoms with E-state index < -0.39 is 5.44 Å². The largest absolute Gasteiger partial charge is 0.494 e. The molecule has 0 spiro atoms. The van der Waals surface area contributed by atoms with E-state index in [1.54, 1.807) is 25.4 Å². The lowest BCUT2D eigenvalue weighted by Gasteiger charge is -2.31. The SMILES string of the molecule is BC(Nc1cc(OC)c2ncc(C#N)c(NCC(C)(C)C)c2c1)(c1ccc(F)cc1)c1cn(C2CC2)nn1. The van der Waals surface area contributed by atoms with Gasteiger partial charge < -0.3 is 15.4 Å². The minimum absolute atomic E-state index is 0.00317. The molecule has 1 fully saturated rings. The van der Waals surface area contributed by atoms with Crippen LogP contribution in [0.4, 0.5) is 15.8 Å². The number of methoxy groups -OCH3 is 1. The predicted octanol–water partition coefficient (Wildman–Crippen LogP) is 4.58. The maximum atomic E-state index is 13.9. The second-order valence-corrected chi connectivity index (χ2v) is 11.2. The molecule has 0 saturated heterocycles. The van der Waals surface area contributed by atoms with Gasteiger partial charge in [-0.2, -0.15) is 5.26 Å². The molecule has 8 nitrogen and oxygen atoms in total. The molecule has 194 valence electrons. The zero-order chi connectivity index (χ0) is 27.1. The first-order valence-electron chi connectivity index (χ1n) is 12.7. The van der Waals surface area contributed by atoms with Gasteiger partial charge in [0.05, 0.1) is 36.0 Å². The van der Waals surface area contributed by atoms with Crippen molar-refractivity contribution >= 4 is 30.1 Å². The molecule has 0 amide bonds. The molecule has 0 aliphatic heterocycles. The maximum Gasteiger partial charge on any atom is 0.148 e. The molecular formula is C28H31BFN7O. The van der Waals surface area contributed by atoms with Crippen molar-refractivity contribution in [1.29, 1.82) is 5.26 Å². The molecule has 2 aromatic carbocycles. The Hall–Kier alpha value is -4.13. The third-order valence-corrected chi connectivity index (χ3v) is 6.83. The highest BCUT2D eigenvalue weighted by molar-refractivity contribution is 6.19. The molecule has 4 aromatic rings. The lowest BCUT2D eigenvalue weighted by atomic mass is 9.69. The molecule has 1 aliphatic rings. The van der Waals surface area contributed by atoms with Crippen LogP contribution in [-0.4, -0.2) is 41.5 Å². The van der Waals surface area contributed by atoms with Crippen LogP contribution in [0.3, 0.4) is 0 Å². The van der Waals surface area contributed by atoms with Crippen LogP contribution in [0.15, 0.2) is 48.8 Å². The van der Waals surface area contributed by atoms with Crippen LogP contribution in [0.2, 0.25) is 0 Å². The third kappa shape index (κ3) is 5.01. The molecule has 0 bridgehead atoms. The number of aromatic nitrogens is 4. The zero-order valence-corrected chi connectivity index (χ0v) is 22.3. The molecule has 1 saturated carbocycles. The first-order valence-corrected chi connectivity index (χ1v) is 12.7. The summed E-state index contributed by atoms with van der Waals surface area (Å²) in [5.74, 6) is 0.256. The molecule has 1 unspecified atom stereocenters. The number of halogens is 1. The number of rotatable bonds is 8. The maximum absolute atomic E-state index is 13.9. The highest BCUT2D eigenvalue weighted by atomic mass is 19.1. The summed E-state index contributed by atoms with van der Waals surface area (Å²) in [5.41, 5.74) is 3.25. The topological polar surface area (TPSA) is 101 Å². The fourth-order valence-electron chi connectivity index (χ4n) is 4.51. The fraction of sp³-hybridized carbons (Fsp3) is 0.357. The predicted molar refractivity (Wildman–Crippen MR) is 149 cm³/mol. The number of anilines is 2. The summed E-state index contributed by atoms with van der Waals surface area (Å²) < 4.78 is 21.5. The van der Waals surface area contributed by atoms with Crippen molar-refractivity contribution in [1.82, 2.24) is 20.0 Å². The van der Waals surface area contributed by atoms with Gasteiger partial charge in [0.1, 0.15) is 36.7 Å². The Morgan fingerprint density at radius 2 is 1.95 bits per heavy atom. The highest BCUT2D eigenvalue weighted by Gasteiger charge is 2.34. The second-order valence-electron chi connectivity index (χ2n) is 11.2. The van der Waals surface area contributed by atoms with Crippen molar-refractivity contribution in [3.05, 3.63) is 71.4 Å². The molecule has 2 heterocycles. The Morgan fingerprint density at radius 3 is 2.58 bits per heavy atom. The Labute approximate surface area is 222 Å². The average Bonchev–Trinajstić information content (AvgIpc) is 3.62. The van der Waals surface area contributed by atoms with Crippen LogP contribution >= 0.6 is 0 Å². The monoisotopic (exact) mass is 511 g/mol. The van der Waals surface area contributed by atoms with E-state index in [0.717, 1.165) is 29.5 Å². The minimum atomic E-state index is -0.835. The quantitative estimate of drug-likeness (QED) is 0.334. The van der Waals surface area contributed by atoms with Gasteiger partial charge in [-0.05, 0) is 42.0 Å². The van der Waals surface area contributed by atoms with E-state index in [-0.39, 0.29) is 11.2 Å². The summed E-state index contributed by atoms with van der Waals surface area (Å²) in [6, 6.07) is 12.9. The van der Waals surface area contributed by atoms with Crippen LogP contribution in [0, 0.1) is 22.6 Å². The molecule has 5 rings (SSSR count). The number of benzene rings is 2. The van der Waals surface area contributed by atoms with Crippen LogP contribution in [0.1, 0.15) is 56.5 Å². The van der Waals surface area contributed by atoms with Gasteiger partial charge in [-0.3, -0.25) is 4.98 Å². The van der Waals surface area contributed by atoms with Gasteiger partial charge in [-0.1, -0.05) is 38.1 Å². The van der Waals surface area contributed by atoms with Gasteiger partial charge in [-0.25, -0.2) is 9.07 Å². The molecule has 10 heteroatoms. The number of nitriles is 1. The number of pyridine rings is 1. The van der Waals surface area contributed by atoms with Crippen molar-refractivity contribution in [2.45, 2.75) is 45.1 Å². The van der Waals surface area contributed by atoms with Crippen LogP contribution in [-0.2, 0) is 5.44 Å².